The average Bonchev–Trinajstić information content (AvgIpc) is 2.49. The second-order valence-electron chi connectivity index (χ2n) is 4.20. The standard InChI is InChI=1S/C14H11ClFN3O2S/c15-11-7-10(5-6-12(11)16)17-14(22)19-18-9-3-1-8(2-4-9)13(20)21/h1-7,18H,(H,20,21)(H2,17,19,22)/p-1. The normalized spacial score (nSPS) is 9.91. The van der Waals surface area contributed by atoms with Gasteiger partial charge in [-0.2, -0.15) is 0 Å². The molecule has 0 radical (unpaired) electrons. The summed E-state index contributed by atoms with van der Waals surface area (Å²) >= 11 is 10.7. The van der Waals surface area contributed by atoms with Gasteiger partial charge in [-0.15, -0.1) is 0 Å². The molecule has 0 unspecified atom stereocenters. The summed E-state index contributed by atoms with van der Waals surface area (Å²) in [6.07, 6.45) is 0. The number of hydrogen-bond acceptors (Lipinski definition) is 4. The SMILES string of the molecule is O=C([O-])c1ccc(NNC(=S)Nc2ccc(F)c(Cl)c2)cc1. The maximum atomic E-state index is 13.0. The van der Waals surface area contributed by atoms with Crippen LogP contribution >= 0.6 is 23.8 Å². The molecule has 0 aliphatic rings. The lowest BCUT2D eigenvalue weighted by atomic mass is 10.2. The fraction of sp³-hybridized carbons (Fsp3) is 0. The van der Waals surface area contributed by atoms with Crippen molar-refractivity contribution in [3.63, 3.8) is 0 Å². The third-order valence-corrected chi connectivity index (χ3v) is 3.11. The van der Waals surface area contributed by atoms with Crippen molar-refractivity contribution in [1.29, 1.82) is 0 Å². The smallest absolute Gasteiger partial charge is 0.189 e. The van der Waals surface area contributed by atoms with Gasteiger partial charge in [-0.1, -0.05) is 23.7 Å². The molecule has 0 fully saturated rings. The zero-order valence-corrected chi connectivity index (χ0v) is 12.6. The Labute approximate surface area is 136 Å². The van der Waals surface area contributed by atoms with Crippen LogP contribution in [0.2, 0.25) is 5.02 Å². The Kier molecular flexibility index (Phi) is 5.13. The van der Waals surface area contributed by atoms with Crippen LogP contribution in [0.1, 0.15) is 10.4 Å². The summed E-state index contributed by atoms with van der Waals surface area (Å²) in [6.45, 7) is 0. The highest BCUT2D eigenvalue weighted by Gasteiger charge is 2.02. The maximum absolute atomic E-state index is 13.0. The Morgan fingerprint density at radius 2 is 1.77 bits per heavy atom. The highest BCUT2D eigenvalue weighted by Crippen LogP contribution is 2.19. The van der Waals surface area contributed by atoms with Crippen LogP contribution < -0.4 is 21.3 Å². The van der Waals surface area contributed by atoms with E-state index in [1.807, 2.05) is 0 Å². The van der Waals surface area contributed by atoms with E-state index >= 15 is 0 Å². The largest absolute Gasteiger partial charge is 0.545 e. The van der Waals surface area contributed by atoms with Gasteiger partial charge in [0, 0.05) is 5.69 Å². The number of anilines is 2. The van der Waals surface area contributed by atoms with Gasteiger partial charge in [0.05, 0.1) is 16.7 Å². The van der Waals surface area contributed by atoms with Crippen LogP contribution in [-0.2, 0) is 0 Å². The van der Waals surface area contributed by atoms with Gasteiger partial charge in [0.15, 0.2) is 5.11 Å². The Bertz CT molecular complexity index is 710. The Balaban J connectivity index is 1.89. The number of nitrogens with one attached hydrogen (secondary N) is 3. The van der Waals surface area contributed by atoms with Gasteiger partial charge in [0.25, 0.3) is 0 Å². The second kappa shape index (κ2) is 7.06. The molecule has 0 saturated carbocycles. The molecule has 8 heteroatoms. The van der Waals surface area contributed by atoms with E-state index in [1.54, 1.807) is 12.1 Å². The molecule has 0 atom stereocenters. The molecule has 2 rings (SSSR count). The summed E-state index contributed by atoms with van der Waals surface area (Å²) in [5.41, 5.74) is 6.69. The summed E-state index contributed by atoms with van der Waals surface area (Å²) in [6, 6.07) is 10.0. The van der Waals surface area contributed by atoms with E-state index < -0.39 is 11.8 Å². The number of carbonyl (C=O) groups excluding carboxylic acids is 1. The van der Waals surface area contributed by atoms with Crippen molar-refractivity contribution in [3.05, 3.63) is 58.9 Å². The van der Waals surface area contributed by atoms with Gasteiger partial charge in [-0.05, 0) is 48.1 Å². The topological polar surface area (TPSA) is 76.2 Å². The van der Waals surface area contributed by atoms with E-state index in [0.29, 0.717) is 11.4 Å². The van der Waals surface area contributed by atoms with E-state index in [4.69, 9.17) is 23.8 Å². The van der Waals surface area contributed by atoms with Gasteiger partial charge < -0.3 is 15.2 Å². The van der Waals surface area contributed by atoms with Crippen LogP contribution in [0.5, 0.6) is 0 Å². The molecule has 2 aromatic rings. The van der Waals surface area contributed by atoms with E-state index in [0.717, 1.165) is 0 Å². The molecule has 2 aromatic carbocycles. The zero-order valence-electron chi connectivity index (χ0n) is 11.0. The van der Waals surface area contributed by atoms with Crippen LogP contribution in [-0.4, -0.2) is 11.1 Å². The number of thiocarbonyl (C=S) groups is 1. The fourth-order valence-corrected chi connectivity index (χ4v) is 1.90. The summed E-state index contributed by atoms with van der Waals surface area (Å²) in [7, 11) is 0. The van der Waals surface area contributed by atoms with Crippen LogP contribution in [0.4, 0.5) is 15.8 Å². The summed E-state index contributed by atoms with van der Waals surface area (Å²) in [4.78, 5) is 10.6. The molecular weight excluding hydrogens is 329 g/mol. The number of hydrogen-bond donors (Lipinski definition) is 3. The number of rotatable bonds is 4. The van der Waals surface area contributed by atoms with Crippen molar-refractivity contribution < 1.29 is 14.3 Å². The van der Waals surface area contributed by atoms with Crippen molar-refractivity contribution in [2.45, 2.75) is 0 Å². The minimum Gasteiger partial charge on any atom is -0.545 e. The lowest BCUT2D eigenvalue weighted by Gasteiger charge is -2.13. The Morgan fingerprint density at radius 1 is 1.14 bits per heavy atom. The predicted molar refractivity (Wildman–Crippen MR) is 85.2 cm³/mol. The van der Waals surface area contributed by atoms with Crippen molar-refractivity contribution in [1.82, 2.24) is 5.43 Å². The monoisotopic (exact) mass is 338 g/mol. The number of aromatic carboxylic acids is 1. The van der Waals surface area contributed by atoms with E-state index in [1.165, 1.54) is 30.3 Å². The number of carboxylic acids is 1. The minimum absolute atomic E-state index is 0.0152. The molecule has 0 bridgehead atoms. The van der Waals surface area contributed by atoms with Crippen molar-refractivity contribution in [2.75, 3.05) is 10.7 Å². The molecule has 0 heterocycles. The molecule has 0 spiro atoms. The van der Waals surface area contributed by atoms with Crippen molar-refractivity contribution in [2.24, 2.45) is 0 Å². The number of benzene rings is 2. The molecular formula is C14H10ClFN3O2S-. The fourth-order valence-electron chi connectivity index (χ4n) is 1.55. The summed E-state index contributed by atoms with van der Waals surface area (Å²) in [5, 5.41) is 13.6. The van der Waals surface area contributed by atoms with Gasteiger partial charge in [-0.25, -0.2) is 4.39 Å². The van der Waals surface area contributed by atoms with Gasteiger partial charge in [-0.3, -0.25) is 10.9 Å². The van der Waals surface area contributed by atoms with Gasteiger partial charge in [0.1, 0.15) is 5.82 Å². The third-order valence-electron chi connectivity index (χ3n) is 2.62. The number of carbonyl (C=O) groups is 1. The molecule has 0 aromatic heterocycles. The lowest BCUT2D eigenvalue weighted by molar-refractivity contribution is -0.255. The van der Waals surface area contributed by atoms with E-state index in [2.05, 4.69) is 16.2 Å². The first-order valence-electron chi connectivity index (χ1n) is 6.05. The average molecular weight is 339 g/mol. The van der Waals surface area contributed by atoms with E-state index in [-0.39, 0.29) is 15.7 Å². The molecule has 0 saturated heterocycles. The van der Waals surface area contributed by atoms with Crippen molar-refractivity contribution >= 4 is 46.3 Å². The van der Waals surface area contributed by atoms with Crippen LogP contribution in [0, 0.1) is 5.82 Å². The first kappa shape index (κ1) is 16.0. The highest BCUT2D eigenvalue weighted by molar-refractivity contribution is 7.80. The highest BCUT2D eigenvalue weighted by atomic mass is 35.5. The van der Waals surface area contributed by atoms with Gasteiger partial charge in [0.2, 0.25) is 0 Å². The van der Waals surface area contributed by atoms with E-state index in [9.17, 15) is 14.3 Å². The van der Waals surface area contributed by atoms with Crippen LogP contribution in [0.15, 0.2) is 42.5 Å². The Morgan fingerprint density at radius 3 is 2.36 bits per heavy atom. The molecule has 22 heavy (non-hydrogen) atoms. The number of halogens is 2. The van der Waals surface area contributed by atoms with Crippen LogP contribution in [0.25, 0.3) is 0 Å². The lowest BCUT2D eigenvalue weighted by Crippen LogP contribution is -2.33. The maximum Gasteiger partial charge on any atom is 0.189 e. The quantitative estimate of drug-likeness (QED) is 0.586. The second-order valence-corrected chi connectivity index (χ2v) is 5.01. The molecule has 0 aliphatic carbocycles. The zero-order chi connectivity index (χ0) is 16.1. The first-order chi connectivity index (χ1) is 10.5. The number of hydrazine groups is 1. The molecule has 0 aliphatic heterocycles. The number of carboxylic acid groups (broad SMARTS) is 1. The molecule has 0 amide bonds. The predicted octanol–water partition coefficient (Wildman–Crippen LogP) is 2.16. The Hall–Kier alpha value is -2.38. The summed E-state index contributed by atoms with van der Waals surface area (Å²) in [5.74, 6) is -1.76. The molecule has 5 nitrogen and oxygen atoms in total. The summed E-state index contributed by atoms with van der Waals surface area (Å²) < 4.78 is 13.0. The minimum atomic E-state index is -1.25. The van der Waals surface area contributed by atoms with Crippen molar-refractivity contribution in [3.8, 4) is 0 Å². The molecule has 3 N–H and O–H groups in total. The van der Waals surface area contributed by atoms with Crippen LogP contribution in [0.3, 0.4) is 0 Å². The third kappa shape index (κ3) is 4.31. The molecule has 114 valence electrons. The van der Waals surface area contributed by atoms with Gasteiger partial charge >= 0.3 is 0 Å². The first-order valence-corrected chi connectivity index (χ1v) is 6.84.